The molecular formula is C30H63O3PS. The van der Waals surface area contributed by atoms with Crippen molar-refractivity contribution in [3.63, 3.8) is 0 Å². The van der Waals surface area contributed by atoms with Crippen molar-refractivity contribution in [1.82, 2.24) is 0 Å². The highest BCUT2D eigenvalue weighted by Gasteiger charge is 2.10. The zero-order chi connectivity index (χ0) is 25.7. The lowest BCUT2D eigenvalue weighted by Gasteiger charge is -2.05. The van der Waals surface area contributed by atoms with Crippen LogP contribution in [0.15, 0.2) is 0 Å². The molecule has 0 aliphatic heterocycles. The van der Waals surface area contributed by atoms with Crippen LogP contribution in [0, 0.1) is 0 Å². The van der Waals surface area contributed by atoms with Crippen LogP contribution in [0.1, 0.15) is 180 Å². The molecule has 212 valence electrons. The number of unbranched alkanes of at least 4 members (excludes halogenated alkanes) is 27. The second kappa shape index (κ2) is 29.1. The summed E-state index contributed by atoms with van der Waals surface area (Å²) in [5.74, 6) is 1.06. The van der Waals surface area contributed by atoms with Gasteiger partial charge in [-0.15, -0.1) is 0 Å². The van der Waals surface area contributed by atoms with Crippen molar-refractivity contribution in [1.29, 1.82) is 0 Å². The lowest BCUT2D eigenvalue weighted by molar-refractivity contribution is 0.370. The van der Waals surface area contributed by atoms with Crippen LogP contribution in [0.3, 0.4) is 0 Å². The minimum absolute atomic E-state index is 0.0607. The first kappa shape index (κ1) is 35.5. The fourth-order valence-corrected chi connectivity index (χ4v) is 5.88. The third-order valence-corrected chi connectivity index (χ3v) is 8.57. The average molecular weight is 535 g/mol. The van der Waals surface area contributed by atoms with E-state index in [0.29, 0.717) is 6.42 Å². The molecule has 0 aliphatic rings. The van der Waals surface area contributed by atoms with Crippen molar-refractivity contribution in [2.45, 2.75) is 180 Å². The lowest BCUT2D eigenvalue weighted by Crippen LogP contribution is -1.88. The van der Waals surface area contributed by atoms with Gasteiger partial charge in [-0.25, -0.2) is 0 Å². The summed E-state index contributed by atoms with van der Waals surface area (Å²) < 4.78 is 10.8. The quantitative estimate of drug-likeness (QED) is 0.0488. The number of hydrogen-bond donors (Lipinski definition) is 3. The van der Waals surface area contributed by atoms with Gasteiger partial charge in [0.15, 0.2) is 0 Å². The molecule has 0 aromatic rings. The van der Waals surface area contributed by atoms with E-state index >= 15 is 0 Å². The van der Waals surface area contributed by atoms with Crippen LogP contribution in [0.2, 0.25) is 0 Å². The van der Waals surface area contributed by atoms with E-state index < -0.39 is 7.60 Å². The molecule has 0 bridgehead atoms. The Morgan fingerprint density at radius 1 is 0.343 bits per heavy atom. The first-order valence-electron chi connectivity index (χ1n) is 15.7. The molecule has 0 heterocycles. The zero-order valence-electron chi connectivity index (χ0n) is 23.4. The topological polar surface area (TPSA) is 57.5 Å². The molecule has 0 aliphatic carbocycles. The molecule has 0 atom stereocenters. The molecule has 3 nitrogen and oxygen atoms in total. The molecule has 0 aromatic carbocycles. The molecule has 2 N–H and O–H groups in total. The van der Waals surface area contributed by atoms with Crippen LogP contribution in [-0.4, -0.2) is 21.7 Å². The first-order chi connectivity index (χ1) is 17.1. The Morgan fingerprint density at radius 2 is 0.514 bits per heavy atom. The van der Waals surface area contributed by atoms with Gasteiger partial charge in [0.25, 0.3) is 0 Å². The van der Waals surface area contributed by atoms with E-state index in [-0.39, 0.29) is 6.16 Å². The van der Waals surface area contributed by atoms with E-state index in [2.05, 4.69) is 12.6 Å². The fourth-order valence-electron chi connectivity index (χ4n) is 5.03. The number of hydrogen-bond acceptors (Lipinski definition) is 2. The summed E-state index contributed by atoms with van der Waals surface area (Å²) in [4.78, 5) is 17.7. The molecule has 0 radical (unpaired) electrons. The highest BCUT2D eigenvalue weighted by molar-refractivity contribution is 7.80. The lowest BCUT2D eigenvalue weighted by atomic mass is 10.0. The van der Waals surface area contributed by atoms with Gasteiger partial charge in [0.2, 0.25) is 0 Å². The smallest absolute Gasteiger partial charge is 0.324 e. The molecule has 0 saturated heterocycles. The Kier molecular flexibility index (Phi) is 29.5. The summed E-state index contributed by atoms with van der Waals surface area (Å²) in [6.45, 7) is 0. The van der Waals surface area contributed by atoms with E-state index in [1.807, 2.05) is 0 Å². The third kappa shape index (κ3) is 34.5. The zero-order valence-corrected chi connectivity index (χ0v) is 25.2. The number of rotatable bonds is 30. The minimum Gasteiger partial charge on any atom is -0.324 e. The van der Waals surface area contributed by atoms with Gasteiger partial charge >= 0.3 is 7.60 Å². The van der Waals surface area contributed by atoms with Gasteiger partial charge in [-0.2, -0.15) is 12.6 Å². The molecule has 0 rings (SSSR count). The maximum Gasteiger partial charge on any atom is 0.325 e. The molecule has 0 unspecified atom stereocenters. The normalized spacial score (nSPS) is 12.0. The Morgan fingerprint density at radius 3 is 0.686 bits per heavy atom. The molecule has 0 spiro atoms. The SMILES string of the molecule is O=P(O)(O)CCCCCCCCCCCCCCCCCCCCCCCCCCCCCCS. The van der Waals surface area contributed by atoms with E-state index in [1.54, 1.807) is 0 Å². The molecule has 35 heavy (non-hydrogen) atoms. The standard InChI is InChI=1S/C30H63O3PS/c31-34(32,33)29-27-25-23-21-19-17-15-13-11-9-7-5-3-1-2-4-6-8-10-12-14-16-18-20-22-24-26-28-30-35/h35H,1-30H2,(H2,31,32,33). The van der Waals surface area contributed by atoms with Gasteiger partial charge in [-0.1, -0.05) is 167 Å². The monoisotopic (exact) mass is 534 g/mol. The van der Waals surface area contributed by atoms with Crippen molar-refractivity contribution < 1.29 is 14.4 Å². The summed E-state index contributed by atoms with van der Waals surface area (Å²) in [6.07, 6.45) is 38.0. The fraction of sp³-hybridized carbons (Fsp3) is 1.00. The third-order valence-electron chi connectivity index (χ3n) is 7.36. The maximum atomic E-state index is 10.8. The van der Waals surface area contributed by atoms with E-state index in [0.717, 1.165) is 18.6 Å². The van der Waals surface area contributed by atoms with Gasteiger partial charge in [-0.05, 0) is 18.6 Å². The number of thiol groups is 1. The van der Waals surface area contributed by atoms with Gasteiger partial charge in [0, 0.05) is 6.16 Å². The second-order valence-corrected chi connectivity index (χ2v) is 13.2. The minimum atomic E-state index is -3.77. The maximum absolute atomic E-state index is 10.8. The summed E-state index contributed by atoms with van der Waals surface area (Å²) in [6, 6.07) is 0. The molecule has 0 aromatic heterocycles. The van der Waals surface area contributed by atoms with E-state index in [9.17, 15) is 4.57 Å². The van der Waals surface area contributed by atoms with Crippen LogP contribution < -0.4 is 0 Å². The Hall–Kier alpha value is 0.500. The van der Waals surface area contributed by atoms with Crippen molar-refractivity contribution in [2.75, 3.05) is 11.9 Å². The average Bonchev–Trinajstić information content (AvgIpc) is 2.82. The Bertz CT molecular complexity index is 441. The predicted octanol–water partition coefficient (Wildman–Crippen LogP) is 11.0. The van der Waals surface area contributed by atoms with E-state index in [1.165, 1.54) is 161 Å². The van der Waals surface area contributed by atoms with Crippen molar-refractivity contribution in [3.05, 3.63) is 0 Å². The van der Waals surface area contributed by atoms with Crippen LogP contribution >= 0.6 is 20.2 Å². The predicted molar refractivity (Wildman–Crippen MR) is 160 cm³/mol. The van der Waals surface area contributed by atoms with Crippen LogP contribution in [0.5, 0.6) is 0 Å². The van der Waals surface area contributed by atoms with E-state index in [4.69, 9.17) is 9.79 Å². The van der Waals surface area contributed by atoms with Crippen LogP contribution in [0.25, 0.3) is 0 Å². The van der Waals surface area contributed by atoms with Crippen molar-refractivity contribution >= 4 is 20.2 Å². The summed E-state index contributed by atoms with van der Waals surface area (Å²) >= 11 is 4.27. The highest BCUT2D eigenvalue weighted by Crippen LogP contribution is 2.35. The van der Waals surface area contributed by atoms with Gasteiger partial charge in [0.1, 0.15) is 0 Å². The molecule has 0 fully saturated rings. The summed E-state index contributed by atoms with van der Waals surface area (Å²) in [7, 11) is -3.77. The molecule has 5 heteroatoms. The largest absolute Gasteiger partial charge is 0.325 e. The van der Waals surface area contributed by atoms with Gasteiger partial charge in [0.05, 0.1) is 0 Å². The van der Waals surface area contributed by atoms with Crippen LogP contribution in [-0.2, 0) is 4.57 Å². The van der Waals surface area contributed by atoms with Gasteiger partial charge in [-0.3, -0.25) is 4.57 Å². The van der Waals surface area contributed by atoms with Crippen molar-refractivity contribution in [3.8, 4) is 0 Å². The summed E-state index contributed by atoms with van der Waals surface area (Å²) in [5.41, 5.74) is 0. The molecular weight excluding hydrogens is 471 g/mol. The molecule has 0 amide bonds. The Labute approximate surface area is 226 Å². The summed E-state index contributed by atoms with van der Waals surface area (Å²) in [5, 5.41) is 0. The van der Waals surface area contributed by atoms with Crippen LogP contribution in [0.4, 0.5) is 0 Å². The Balaban J connectivity index is 3.04. The second-order valence-electron chi connectivity index (χ2n) is 11.0. The molecule has 0 saturated carbocycles. The van der Waals surface area contributed by atoms with Gasteiger partial charge < -0.3 is 9.79 Å². The highest BCUT2D eigenvalue weighted by atomic mass is 32.1. The first-order valence-corrected chi connectivity index (χ1v) is 18.1. The van der Waals surface area contributed by atoms with Crippen molar-refractivity contribution in [2.24, 2.45) is 0 Å².